The molecule has 0 saturated heterocycles. The molecule has 4 nitrogen and oxygen atoms in total. The number of carbonyl (C=O) groups excluding carboxylic acids is 2. The summed E-state index contributed by atoms with van der Waals surface area (Å²) in [5, 5.41) is 0. The Morgan fingerprint density at radius 1 is 0.583 bits per heavy atom. The summed E-state index contributed by atoms with van der Waals surface area (Å²) < 4.78 is 0. The maximum Gasteiger partial charge on any atom is 0.222 e. The van der Waals surface area contributed by atoms with Gasteiger partial charge in [0.25, 0.3) is 0 Å². The molecule has 0 aromatic heterocycles. The summed E-state index contributed by atoms with van der Waals surface area (Å²) >= 11 is 0. The van der Waals surface area contributed by atoms with Crippen LogP contribution in [-0.4, -0.2) is 48.8 Å². The molecule has 0 spiro atoms. The van der Waals surface area contributed by atoms with Crippen LogP contribution in [-0.2, 0) is 9.59 Å². The Bertz CT molecular complexity index is 300. The summed E-state index contributed by atoms with van der Waals surface area (Å²) in [5.74, 6) is 0.186. The minimum Gasteiger partial charge on any atom is -0.346 e. The molecular weight excluding hydrogens is 300 g/mol. The molecule has 0 unspecified atom stereocenters. The number of rotatable bonds is 15. The predicted molar refractivity (Wildman–Crippen MR) is 102 cm³/mol. The number of hydrogen-bond acceptors (Lipinski definition) is 2. The van der Waals surface area contributed by atoms with Gasteiger partial charge in [0.1, 0.15) is 0 Å². The highest BCUT2D eigenvalue weighted by molar-refractivity contribution is 5.83. The first-order valence-corrected chi connectivity index (χ1v) is 10.0. The summed E-state index contributed by atoms with van der Waals surface area (Å²) in [6, 6.07) is 0. The Labute approximate surface area is 150 Å². The molecule has 0 aliphatic carbocycles. The van der Waals surface area contributed by atoms with Crippen molar-refractivity contribution in [3.05, 3.63) is 0 Å². The van der Waals surface area contributed by atoms with E-state index in [0.29, 0.717) is 12.8 Å². The molecular formula is C20H40N2O2. The quantitative estimate of drug-likeness (QED) is 0.408. The monoisotopic (exact) mass is 340 g/mol. The van der Waals surface area contributed by atoms with E-state index < -0.39 is 0 Å². The molecule has 0 heterocycles. The van der Waals surface area contributed by atoms with Gasteiger partial charge >= 0.3 is 0 Å². The van der Waals surface area contributed by atoms with Crippen molar-refractivity contribution in [2.24, 2.45) is 0 Å². The van der Waals surface area contributed by atoms with E-state index in [1.54, 1.807) is 9.80 Å². The summed E-state index contributed by atoms with van der Waals surface area (Å²) in [4.78, 5) is 27.7. The molecule has 0 bridgehead atoms. The SMILES string of the molecule is CCCCCCCN(C)C(=O)CCC(=O)N(C)CCCCCCC. The average molecular weight is 341 g/mol. The molecule has 4 heteroatoms. The van der Waals surface area contributed by atoms with Gasteiger partial charge in [0, 0.05) is 40.0 Å². The van der Waals surface area contributed by atoms with E-state index in [2.05, 4.69) is 13.8 Å². The van der Waals surface area contributed by atoms with Crippen molar-refractivity contribution in [3.8, 4) is 0 Å². The molecule has 24 heavy (non-hydrogen) atoms. The van der Waals surface area contributed by atoms with Crippen LogP contribution in [0.15, 0.2) is 0 Å². The number of carbonyl (C=O) groups is 2. The Kier molecular flexibility index (Phi) is 14.8. The molecule has 0 fully saturated rings. The highest BCUT2D eigenvalue weighted by Gasteiger charge is 2.13. The van der Waals surface area contributed by atoms with Crippen LogP contribution in [0.3, 0.4) is 0 Å². The zero-order chi connectivity index (χ0) is 18.2. The fourth-order valence-corrected chi connectivity index (χ4v) is 2.75. The lowest BCUT2D eigenvalue weighted by Crippen LogP contribution is -2.31. The van der Waals surface area contributed by atoms with Crippen LogP contribution in [0.5, 0.6) is 0 Å². The highest BCUT2D eigenvalue weighted by atomic mass is 16.2. The standard InChI is InChI=1S/C20H40N2O2/c1-5-7-9-11-13-17-21(3)19(23)15-16-20(24)22(4)18-14-12-10-8-6-2/h5-18H2,1-4H3. The van der Waals surface area contributed by atoms with Crippen LogP contribution in [0.4, 0.5) is 0 Å². The van der Waals surface area contributed by atoms with E-state index in [4.69, 9.17) is 0 Å². The number of nitrogens with zero attached hydrogens (tertiary/aromatic N) is 2. The van der Waals surface area contributed by atoms with E-state index in [0.717, 1.165) is 25.9 Å². The van der Waals surface area contributed by atoms with Gasteiger partial charge in [-0.25, -0.2) is 0 Å². The van der Waals surface area contributed by atoms with Crippen LogP contribution >= 0.6 is 0 Å². The molecule has 0 aromatic carbocycles. The van der Waals surface area contributed by atoms with E-state index >= 15 is 0 Å². The third kappa shape index (κ3) is 12.4. The minimum atomic E-state index is 0.0928. The first kappa shape index (κ1) is 22.9. The molecule has 0 aliphatic heterocycles. The maximum atomic E-state index is 12.1. The zero-order valence-corrected chi connectivity index (χ0v) is 16.6. The third-order valence-corrected chi connectivity index (χ3v) is 4.60. The van der Waals surface area contributed by atoms with Crippen LogP contribution in [0.2, 0.25) is 0 Å². The molecule has 142 valence electrons. The lowest BCUT2D eigenvalue weighted by molar-refractivity contribution is -0.135. The molecule has 0 saturated carbocycles. The number of unbranched alkanes of at least 4 members (excludes halogenated alkanes) is 8. The predicted octanol–water partition coefficient (Wildman–Crippen LogP) is 4.62. The van der Waals surface area contributed by atoms with Gasteiger partial charge in [-0.05, 0) is 12.8 Å². The normalized spacial score (nSPS) is 10.7. The van der Waals surface area contributed by atoms with Gasteiger partial charge in [0.15, 0.2) is 0 Å². The van der Waals surface area contributed by atoms with Gasteiger partial charge in [-0.3, -0.25) is 9.59 Å². The first-order chi connectivity index (χ1) is 11.5. The maximum absolute atomic E-state index is 12.1. The third-order valence-electron chi connectivity index (χ3n) is 4.60. The Morgan fingerprint density at radius 3 is 1.25 bits per heavy atom. The van der Waals surface area contributed by atoms with Crippen molar-refractivity contribution in [3.63, 3.8) is 0 Å². The topological polar surface area (TPSA) is 40.6 Å². The van der Waals surface area contributed by atoms with Crippen molar-refractivity contribution in [2.75, 3.05) is 27.2 Å². The Balaban J connectivity index is 3.76. The van der Waals surface area contributed by atoms with Gasteiger partial charge in [-0.2, -0.15) is 0 Å². The van der Waals surface area contributed by atoms with Crippen LogP contribution in [0, 0.1) is 0 Å². The summed E-state index contributed by atoms with van der Waals surface area (Å²) in [6.07, 6.45) is 12.7. The van der Waals surface area contributed by atoms with Crippen molar-refractivity contribution in [1.82, 2.24) is 9.80 Å². The van der Waals surface area contributed by atoms with Gasteiger partial charge in [0.2, 0.25) is 11.8 Å². The van der Waals surface area contributed by atoms with Crippen molar-refractivity contribution < 1.29 is 9.59 Å². The average Bonchev–Trinajstić information content (AvgIpc) is 2.58. The highest BCUT2D eigenvalue weighted by Crippen LogP contribution is 2.07. The molecule has 0 aromatic rings. The molecule has 0 atom stereocenters. The van der Waals surface area contributed by atoms with Crippen molar-refractivity contribution >= 4 is 11.8 Å². The largest absolute Gasteiger partial charge is 0.346 e. The second kappa shape index (κ2) is 15.5. The first-order valence-electron chi connectivity index (χ1n) is 10.0. The number of hydrogen-bond donors (Lipinski definition) is 0. The molecule has 0 aliphatic rings. The van der Waals surface area contributed by atoms with Gasteiger partial charge in [-0.15, -0.1) is 0 Å². The number of amides is 2. The van der Waals surface area contributed by atoms with Gasteiger partial charge < -0.3 is 9.80 Å². The van der Waals surface area contributed by atoms with Crippen molar-refractivity contribution in [2.45, 2.75) is 90.9 Å². The van der Waals surface area contributed by atoms with Crippen LogP contribution in [0.1, 0.15) is 90.9 Å². The fourth-order valence-electron chi connectivity index (χ4n) is 2.75. The second-order valence-corrected chi connectivity index (χ2v) is 6.96. The minimum absolute atomic E-state index is 0.0928. The van der Waals surface area contributed by atoms with Crippen molar-refractivity contribution in [1.29, 1.82) is 0 Å². The summed E-state index contributed by atoms with van der Waals surface area (Å²) in [7, 11) is 3.70. The lowest BCUT2D eigenvalue weighted by Gasteiger charge is -2.19. The Hall–Kier alpha value is -1.06. The van der Waals surface area contributed by atoms with Crippen LogP contribution in [0.25, 0.3) is 0 Å². The summed E-state index contributed by atoms with van der Waals surface area (Å²) in [6.45, 7) is 6.03. The Morgan fingerprint density at radius 2 is 0.917 bits per heavy atom. The second-order valence-electron chi connectivity index (χ2n) is 6.96. The van der Waals surface area contributed by atoms with Gasteiger partial charge in [-0.1, -0.05) is 65.2 Å². The van der Waals surface area contributed by atoms with Crippen LogP contribution < -0.4 is 0 Å². The molecule has 0 N–H and O–H groups in total. The fraction of sp³-hybridized carbons (Fsp3) is 0.900. The lowest BCUT2D eigenvalue weighted by atomic mass is 10.1. The van der Waals surface area contributed by atoms with Gasteiger partial charge in [0.05, 0.1) is 0 Å². The molecule has 2 amide bonds. The van der Waals surface area contributed by atoms with E-state index in [1.807, 2.05) is 14.1 Å². The smallest absolute Gasteiger partial charge is 0.222 e. The zero-order valence-electron chi connectivity index (χ0n) is 16.6. The summed E-state index contributed by atoms with van der Waals surface area (Å²) in [5.41, 5.74) is 0. The van der Waals surface area contributed by atoms with E-state index in [1.165, 1.54) is 51.4 Å². The van der Waals surface area contributed by atoms with E-state index in [9.17, 15) is 9.59 Å². The molecule has 0 rings (SSSR count). The molecule has 0 radical (unpaired) electrons. The van der Waals surface area contributed by atoms with E-state index in [-0.39, 0.29) is 11.8 Å².